The van der Waals surface area contributed by atoms with Gasteiger partial charge in [-0.05, 0) is 42.8 Å². The molecule has 0 saturated heterocycles. The van der Waals surface area contributed by atoms with Gasteiger partial charge in [0.1, 0.15) is 49.0 Å². The predicted molar refractivity (Wildman–Crippen MR) is 166 cm³/mol. The number of aliphatic hydroxyl groups excluding tert-OH is 2. The molecule has 13 heteroatoms. The molecule has 2 aromatic heterocycles. The van der Waals surface area contributed by atoms with Crippen molar-refractivity contribution in [1.29, 1.82) is 0 Å². The molecule has 0 fully saturated rings. The van der Waals surface area contributed by atoms with Gasteiger partial charge in [0.2, 0.25) is 12.5 Å². The molecule has 0 saturated carbocycles. The first-order valence-electron chi connectivity index (χ1n) is 13.2. The van der Waals surface area contributed by atoms with Crippen molar-refractivity contribution in [1.82, 2.24) is 29.5 Å². The molecular formula is C29H37BrCl2N6O4. The van der Waals surface area contributed by atoms with Crippen molar-refractivity contribution in [3.63, 3.8) is 0 Å². The molecule has 0 radical (unpaired) electrons. The number of nitrogens with zero attached hydrogens (tertiary/aromatic N) is 6. The Bertz CT molecular complexity index is 1340. The smallest absolute Gasteiger partial charge is 0.219 e. The largest absolute Gasteiger partial charge is 0.466 e. The Morgan fingerprint density at radius 1 is 0.857 bits per heavy atom. The second-order valence-corrected chi connectivity index (χ2v) is 12.4. The van der Waals surface area contributed by atoms with Crippen LogP contribution in [0.2, 0.25) is 5.02 Å². The third kappa shape index (κ3) is 8.90. The maximum Gasteiger partial charge on any atom is 0.219 e. The molecule has 4 unspecified atom stereocenters. The third-order valence-corrected chi connectivity index (χ3v) is 8.98. The number of halogens is 3. The van der Waals surface area contributed by atoms with E-state index in [1.165, 1.54) is 28.3 Å². The lowest BCUT2D eigenvalue weighted by Crippen LogP contribution is -2.41. The molecule has 0 aliphatic rings. The van der Waals surface area contributed by atoms with Crippen LogP contribution < -0.4 is 9.47 Å². The van der Waals surface area contributed by atoms with E-state index in [1.54, 1.807) is 24.5 Å². The van der Waals surface area contributed by atoms with Crippen LogP contribution >= 0.6 is 39.1 Å². The van der Waals surface area contributed by atoms with Crippen LogP contribution in [0.4, 0.5) is 0 Å². The maximum absolute atomic E-state index is 10.7. The number of hydrogen-bond donors (Lipinski definition) is 2. The van der Waals surface area contributed by atoms with Gasteiger partial charge in [-0.3, -0.25) is 0 Å². The summed E-state index contributed by atoms with van der Waals surface area (Å²) in [6.45, 7) is 9.55. The summed E-state index contributed by atoms with van der Waals surface area (Å²) in [5, 5.41) is 30.8. The van der Waals surface area contributed by atoms with E-state index in [9.17, 15) is 10.2 Å². The van der Waals surface area contributed by atoms with Gasteiger partial charge in [0.05, 0.1) is 0 Å². The fraction of sp³-hybridized carbons (Fsp3) is 0.448. The molecule has 0 amide bonds. The Morgan fingerprint density at radius 3 is 1.88 bits per heavy atom. The second-order valence-electron chi connectivity index (χ2n) is 11.1. The van der Waals surface area contributed by atoms with Crippen LogP contribution in [0.25, 0.3) is 0 Å². The third-order valence-electron chi connectivity index (χ3n) is 6.61. The highest BCUT2D eigenvalue weighted by molar-refractivity contribution is 9.09. The maximum atomic E-state index is 10.7. The Labute approximate surface area is 264 Å². The lowest BCUT2D eigenvalue weighted by molar-refractivity contribution is -0.0721. The van der Waals surface area contributed by atoms with Crippen molar-refractivity contribution in [3.05, 3.63) is 84.4 Å². The Hall–Kier alpha value is -2.70. The molecule has 0 bridgehead atoms. The zero-order chi connectivity index (χ0) is 30.9. The minimum absolute atomic E-state index is 0.280. The number of alkyl halides is 2. The quantitative estimate of drug-likeness (QED) is 0.172. The number of ether oxygens (including phenoxy) is 2. The highest BCUT2D eigenvalue weighted by Crippen LogP contribution is 2.34. The van der Waals surface area contributed by atoms with Gasteiger partial charge >= 0.3 is 0 Å². The van der Waals surface area contributed by atoms with Crippen LogP contribution in [-0.2, 0) is 0 Å². The topological polar surface area (TPSA) is 120 Å². The van der Waals surface area contributed by atoms with Gasteiger partial charge in [-0.25, -0.2) is 19.3 Å². The Kier molecular flexibility index (Phi) is 12.2. The fourth-order valence-electron chi connectivity index (χ4n) is 3.67. The number of hydrogen-bond acceptors (Lipinski definition) is 8. The van der Waals surface area contributed by atoms with E-state index >= 15 is 0 Å². The van der Waals surface area contributed by atoms with E-state index in [0.717, 1.165) is 5.56 Å². The standard InChI is InChI=1S/C15H19Cl2N3O2.C14H18BrN3O2/c1-10-6-11(17)4-5-12(10)22-14(20-9-18-8-19-20)13(21)15(2,3)7-16;1-14(2,8-15)12(19)13(18-10-16-9-17-18)20-11-6-4-3-5-7-11/h4-6,8-9,13-14,21H,7H2,1-3H3;3-7,9-10,12-13,19H,8H2,1-2H3. The lowest BCUT2D eigenvalue weighted by atomic mass is 9.87. The first-order chi connectivity index (χ1) is 19.9. The van der Waals surface area contributed by atoms with E-state index in [2.05, 4.69) is 36.1 Å². The normalized spacial score (nSPS) is 14.7. The van der Waals surface area contributed by atoms with Crippen molar-refractivity contribution in [2.24, 2.45) is 10.8 Å². The average Bonchev–Trinajstić information content (AvgIpc) is 3.71. The molecule has 10 nitrogen and oxygen atoms in total. The lowest BCUT2D eigenvalue weighted by Gasteiger charge is -2.34. The van der Waals surface area contributed by atoms with E-state index in [4.69, 9.17) is 32.7 Å². The van der Waals surface area contributed by atoms with Gasteiger partial charge in [0, 0.05) is 27.1 Å². The van der Waals surface area contributed by atoms with Gasteiger partial charge in [-0.15, -0.1) is 11.6 Å². The first kappa shape index (κ1) is 33.8. The van der Waals surface area contributed by atoms with Crippen LogP contribution in [0.1, 0.15) is 45.7 Å². The summed E-state index contributed by atoms with van der Waals surface area (Å²) in [5.41, 5.74) is -0.0577. The van der Waals surface area contributed by atoms with Crippen LogP contribution in [0.5, 0.6) is 11.5 Å². The van der Waals surface area contributed by atoms with Crippen molar-refractivity contribution in [2.45, 2.75) is 59.3 Å². The predicted octanol–water partition coefficient (Wildman–Crippen LogP) is 6.08. The molecule has 4 rings (SSSR count). The van der Waals surface area contributed by atoms with Crippen LogP contribution in [-0.4, -0.2) is 63.2 Å². The molecule has 42 heavy (non-hydrogen) atoms. The molecule has 4 aromatic rings. The molecule has 4 atom stereocenters. The zero-order valence-electron chi connectivity index (χ0n) is 24.2. The van der Waals surface area contributed by atoms with Crippen molar-refractivity contribution >= 4 is 39.1 Å². The minimum Gasteiger partial charge on any atom is -0.466 e. The van der Waals surface area contributed by atoms with Crippen LogP contribution in [0, 0.1) is 17.8 Å². The summed E-state index contributed by atoms with van der Waals surface area (Å²) in [6, 6.07) is 14.7. The molecule has 0 aliphatic carbocycles. The second kappa shape index (κ2) is 15.2. The van der Waals surface area contributed by atoms with Crippen molar-refractivity contribution in [3.8, 4) is 11.5 Å². The molecular weight excluding hydrogens is 647 g/mol. The van der Waals surface area contributed by atoms with Gasteiger partial charge in [-0.1, -0.05) is 73.4 Å². The van der Waals surface area contributed by atoms with Gasteiger partial charge in [0.25, 0.3) is 0 Å². The highest BCUT2D eigenvalue weighted by Gasteiger charge is 2.38. The summed E-state index contributed by atoms with van der Waals surface area (Å²) >= 11 is 15.4. The Balaban J connectivity index is 0.000000231. The molecule has 0 aliphatic heterocycles. The SMILES string of the molecule is CC(C)(CBr)C(O)C(Oc1ccccc1)n1cncn1.Cc1cc(Cl)ccc1OC(C(O)C(C)(C)CCl)n1cncn1. The van der Waals surface area contributed by atoms with Crippen molar-refractivity contribution in [2.75, 3.05) is 11.2 Å². The van der Waals surface area contributed by atoms with Crippen molar-refractivity contribution < 1.29 is 19.7 Å². The summed E-state index contributed by atoms with van der Waals surface area (Å²) in [4.78, 5) is 7.84. The summed E-state index contributed by atoms with van der Waals surface area (Å²) in [5.74, 6) is 1.58. The Morgan fingerprint density at radius 2 is 1.40 bits per heavy atom. The van der Waals surface area contributed by atoms with Gasteiger partial charge < -0.3 is 19.7 Å². The number of aryl methyl sites for hydroxylation is 1. The summed E-state index contributed by atoms with van der Waals surface area (Å²) in [7, 11) is 0. The summed E-state index contributed by atoms with van der Waals surface area (Å²) in [6.07, 6.45) is 2.87. The molecule has 2 N–H and O–H groups in total. The number of para-hydroxylation sites is 1. The zero-order valence-corrected chi connectivity index (χ0v) is 27.3. The number of benzene rings is 2. The van der Waals surface area contributed by atoms with Gasteiger partial charge in [0.15, 0.2) is 0 Å². The minimum atomic E-state index is -0.873. The number of rotatable bonds is 12. The van der Waals surface area contributed by atoms with Crippen LogP contribution in [0.3, 0.4) is 0 Å². The molecule has 2 heterocycles. The fourth-order valence-corrected chi connectivity index (χ4v) is 4.38. The van der Waals surface area contributed by atoms with Crippen LogP contribution in [0.15, 0.2) is 73.8 Å². The van der Waals surface area contributed by atoms with E-state index in [0.29, 0.717) is 21.9 Å². The monoisotopic (exact) mass is 682 g/mol. The summed E-state index contributed by atoms with van der Waals surface area (Å²) < 4.78 is 14.9. The average molecular weight is 684 g/mol. The highest BCUT2D eigenvalue weighted by atomic mass is 79.9. The molecule has 0 spiro atoms. The number of aromatic nitrogens is 6. The number of aliphatic hydroxyl groups is 2. The molecule has 228 valence electrons. The van der Waals surface area contributed by atoms with E-state index in [-0.39, 0.29) is 11.3 Å². The molecule has 2 aromatic carbocycles. The van der Waals surface area contributed by atoms with Gasteiger partial charge in [-0.2, -0.15) is 10.2 Å². The van der Waals surface area contributed by atoms with E-state index in [1.807, 2.05) is 65.0 Å². The first-order valence-corrected chi connectivity index (χ1v) is 15.2. The van der Waals surface area contributed by atoms with E-state index < -0.39 is 30.1 Å².